The standard InChI is InChI=1S/C16H13N5S2/c1-9-7-22-15(17-9)20-13-11-5-3-4-6-12(11)14(19-13)21-16-18-10(2)8-23-16/h3-8H,1-2H3,(H,17,18,19,20,21). The number of fused-ring (bicyclic) bond motifs is 1. The van der Waals surface area contributed by atoms with Gasteiger partial charge in [-0.1, -0.05) is 24.3 Å². The molecule has 0 bridgehead atoms. The van der Waals surface area contributed by atoms with Crippen molar-refractivity contribution in [3.63, 3.8) is 0 Å². The van der Waals surface area contributed by atoms with Crippen LogP contribution in [0.15, 0.2) is 45.0 Å². The van der Waals surface area contributed by atoms with Gasteiger partial charge in [-0.15, -0.1) is 22.7 Å². The molecule has 0 atom stereocenters. The van der Waals surface area contributed by atoms with E-state index in [1.54, 1.807) is 0 Å². The Balaban J connectivity index is 1.77. The molecule has 4 rings (SSSR count). The molecule has 0 unspecified atom stereocenters. The van der Waals surface area contributed by atoms with E-state index in [1.165, 1.54) is 22.7 Å². The Morgan fingerprint density at radius 3 is 1.70 bits per heavy atom. The first-order valence-corrected chi connectivity index (χ1v) is 8.83. The molecule has 3 aromatic rings. The fourth-order valence-electron chi connectivity index (χ4n) is 2.30. The predicted molar refractivity (Wildman–Crippen MR) is 95.7 cm³/mol. The molecule has 1 aromatic carbocycles. The molecule has 1 aliphatic rings. The number of hydrogen-bond acceptors (Lipinski definition) is 6. The number of hydrogen-bond donors (Lipinski definition) is 1. The topological polar surface area (TPSA) is 62.5 Å². The summed E-state index contributed by atoms with van der Waals surface area (Å²) in [6.45, 7) is 3.93. The summed E-state index contributed by atoms with van der Waals surface area (Å²) in [5.74, 6) is 1.56. The van der Waals surface area contributed by atoms with Crippen LogP contribution in [0.3, 0.4) is 0 Å². The molecule has 0 saturated carbocycles. The number of benzene rings is 1. The molecule has 114 valence electrons. The minimum Gasteiger partial charge on any atom is -0.324 e. The molecule has 0 spiro atoms. The zero-order chi connectivity index (χ0) is 15.8. The van der Waals surface area contributed by atoms with Crippen LogP contribution in [0.1, 0.15) is 22.5 Å². The SMILES string of the molecule is Cc1csc(/N=C2\N/C(=N\c3nc(C)cs3)c3ccccc32)n1. The average molecular weight is 339 g/mol. The normalized spacial score (nSPS) is 16.8. The first-order chi connectivity index (χ1) is 11.2. The van der Waals surface area contributed by atoms with Gasteiger partial charge in [0.05, 0.1) is 11.4 Å². The Morgan fingerprint density at radius 1 is 0.826 bits per heavy atom. The van der Waals surface area contributed by atoms with Crippen LogP contribution in [0.5, 0.6) is 0 Å². The Morgan fingerprint density at radius 2 is 1.30 bits per heavy atom. The summed E-state index contributed by atoms with van der Waals surface area (Å²) in [4.78, 5) is 18.1. The highest BCUT2D eigenvalue weighted by atomic mass is 32.1. The molecule has 1 N–H and O–H groups in total. The summed E-state index contributed by atoms with van der Waals surface area (Å²) in [6.07, 6.45) is 0. The highest BCUT2D eigenvalue weighted by molar-refractivity contribution is 7.13. The van der Waals surface area contributed by atoms with E-state index in [1.807, 2.05) is 48.9 Å². The zero-order valence-electron chi connectivity index (χ0n) is 12.6. The molecule has 0 amide bonds. The third-order valence-electron chi connectivity index (χ3n) is 3.30. The maximum atomic E-state index is 4.63. The van der Waals surface area contributed by atoms with E-state index in [4.69, 9.17) is 0 Å². The largest absolute Gasteiger partial charge is 0.324 e. The van der Waals surface area contributed by atoms with Crippen molar-refractivity contribution in [2.24, 2.45) is 9.98 Å². The van der Waals surface area contributed by atoms with E-state index in [0.717, 1.165) is 44.4 Å². The smallest absolute Gasteiger partial charge is 0.211 e. The number of aliphatic imine (C=N–C) groups is 2. The van der Waals surface area contributed by atoms with Crippen LogP contribution >= 0.6 is 22.7 Å². The van der Waals surface area contributed by atoms with Crippen LogP contribution in [-0.4, -0.2) is 21.6 Å². The van der Waals surface area contributed by atoms with E-state index in [9.17, 15) is 0 Å². The second-order valence-electron chi connectivity index (χ2n) is 5.13. The van der Waals surface area contributed by atoms with Gasteiger partial charge in [0.15, 0.2) is 0 Å². The van der Waals surface area contributed by atoms with Crippen LogP contribution < -0.4 is 5.32 Å². The Labute approximate surface area is 141 Å². The third-order valence-corrected chi connectivity index (χ3v) is 5.01. The molecule has 0 aliphatic carbocycles. The Kier molecular flexibility index (Phi) is 3.51. The summed E-state index contributed by atoms with van der Waals surface area (Å²) in [5.41, 5.74) is 4.03. The van der Waals surface area contributed by atoms with Gasteiger partial charge in [-0.3, -0.25) is 0 Å². The van der Waals surface area contributed by atoms with Crippen molar-refractivity contribution in [2.45, 2.75) is 13.8 Å². The molecule has 2 aromatic heterocycles. The molecule has 0 saturated heterocycles. The van der Waals surface area contributed by atoms with Gasteiger partial charge in [0.2, 0.25) is 10.3 Å². The van der Waals surface area contributed by atoms with E-state index < -0.39 is 0 Å². The maximum absolute atomic E-state index is 4.63. The number of amidine groups is 2. The quantitative estimate of drug-likeness (QED) is 0.768. The first-order valence-electron chi connectivity index (χ1n) is 7.07. The maximum Gasteiger partial charge on any atom is 0.211 e. The van der Waals surface area contributed by atoms with Gasteiger partial charge in [-0.2, -0.15) is 0 Å². The van der Waals surface area contributed by atoms with Crippen molar-refractivity contribution in [1.82, 2.24) is 15.3 Å². The second kappa shape index (κ2) is 5.68. The van der Waals surface area contributed by atoms with Gasteiger partial charge >= 0.3 is 0 Å². The summed E-state index contributed by atoms with van der Waals surface area (Å²) in [7, 11) is 0. The van der Waals surface area contributed by atoms with E-state index in [0.29, 0.717) is 0 Å². The zero-order valence-corrected chi connectivity index (χ0v) is 14.2. The van der Waals surface area contributed by atoms with Crippen molar-refractivity contribution in [1.29, 1.82) is 0 Å². The molecular weight excluding hydrogens is 326 g/mol. The second-order valence-corrected chi connectivity index (χ2v) is 6.81. The summed E-state index contributed by atoms with van der Waals surface area (Å²) in [5, 5.41) is 8.78. The van der Waals surface area contributed by atoms with Crippen molar-refractivity contribution in [3.05, 3.63) is 57.5 Å². The summed E-state index contributed by atoms with van der Waals surface area (Å²) >= 11 is 3.06. The minimum absolute atomic E-state index is 0.742. The molecule has 23 heavy (non-hydrogen) atoms. The number of thiazole rings is 2. The monoisotopic (exact) mass is 339 g/mol. The highest BCUT2D eigenvalue weighted by Gasteiger charge is 2.23. The number of aromatic nitrogens is 2. The molecule has 3 heterocycles. The molecule has 0 radical (unpaired) electrons. The van der Waals surface area contributed by atoms with E-state index in [2.05, 4.69) is 25.3 Å². The Hall–Kier alpha value is -2.38. The average Bonchev–Trinajstić information content (AvgIpc) is 3.22. The fourth-order valence-corrected chi connectivity index (χ4v) is 3.64. The van der Waals surface area contributed by atoms with Crippen LogP contribution in [0.4, 0.5) is 10.3 Å². The van der Waals surface area contributed by atoms with Gasteiger partial charge in [0.1, 0.15) is 11.7 Å². The predicted octanol–water partition coefficient (Wildman–Crippen LogP) is 3.98. The molecule has 0 fully saturated rings. The lowest BCUT2D eigenvalue weighted by Crippen LogP contribution is -2.22. The highest BCUT2D eigenvalue weighted by Crippen LogP contribution is 2.25. The van der Waals surface area contributed by atoms with E-state index in [-0.39, 0.29) is 0 Å². The summed E-state index contributed by atoms with van der Waals surface area (Å²) < 4.78 is 0. The lowest BCUT2D eigenvalue weighted by molar-refractivity contribution is 1.22. The van der Waals surface area contributed by atoms with Crippen LogP contribution in [0, 0.1) is 13.8 Å². The first kappa shape index (κ1) is 14.2. The summed E-state index contributed by atoms with van der Waals surface area (Å²) in [6, 6.07) is 8.08. The number of nitrogens with zero attached hydrogens (tertiary/aromatic N) is 4. The van der Waals surface area contributed by atoms with Gasteiger partial charge in [0.25, 0.3) is 0 Å². The number of nitrogens with one attached hydrogen (secondary N) is 1. The number of rotatable bonds is 2. The van der Waals surface area contributed by atoms with Crippen LogP contribution in [0.25, 0.3) is 0 Å². The van der Waals surface area contributed by atoms with E-state index >= 15 is 0 Å². The van der Waals surface area contributed by atoms with Gasteiger partial charge < -0.3 is 5.32 Å². The van der Waals surface area contributed by atoms with Gasteiger partial charge in [-0.05, 0) is 13.8 Å². The van der Waals surface area contributed by atoms with Crippen molar-refractivity contribution in [2.75, 3.05) is 0 Å². The minimum atomic E-state index is 0.742. The fraction of sp³-hybridized carbons (Fsp3) is 0.125. The lowest BCUT2D eigenvalue weighted by atomic mass is 10.1. The van der Waals surface area contributed by atoms with Crippen LogP contribution in [0.2, 0.25) is 0 Å². The van der Waals surface area contributed by atoms with Crippen molar-refractivity contribution in [3.8, 4) is 0 Å². The van der Waals surface area contributed by atoms with Crippen molar-refractivity contribution >= 4 is 44.6 Å². The third kappa shape index (κ3) is 2.80. The molecule has 5 nitrogen and oxygen atoms in total. The lowest BCUT2D eigenvalue weighted by Gasteiger charge is -1.97. The van der Waals surface area contributed by atoms with Crippen LogP contribution in [-0.2, 0) is 0 Å². The molecule has 7 heteroatoms. The molecular formula is C16H13N5S2. The van der Waals surface area contributed by atoms with Gasteiger partial charge in [-0.25, -0.2) is 20.0 Å². The number of aryl methyl sites for hydroxylation is 2. The molecule has 1 aliphatic heterocycles. The van der Waals surface area contributed by atoms with Crippen molar-refractivity contribution < 1.29 is 0 Å². The van der Waals surface area contributed by atoms with Gasteiger partial charge in [0, 0.05) is 21.9 Å². The Bertz CT molecular complexity index is 860.